The van der Waals surface area contributed by atoms with Crippen LogP contribution in [0.5, 0.6) is 0 Å². The molecule has 1 fully saturated rings. The van der Waals surface area contributed by atoms with E-state index in [9.17, 15) is 4.79 Å². The molecule has 0 spiro atoms. The fraction of sp³-hybridized carbons (Fsp3) is 0.667. The second-order valence-corrected chi connectivity index (χ2v) is 6.33. The second-order valence-electron chi connectivity index (χ2n) is 5.44. The highest BCUT2D eigenvalue weighted by Gasteiger charge is 2.29. The average Bonchev–Trinajstić information content (AvgIpc) is 2.62. The molecule has 94 valence electrons. The van der Waals surface area contributed by atoms with Crippen LogP contribution in [0.4, 0.5) is 5.13 Å². The summed E-state index contributed by atoms with van der Waals surface area (Å²) in [5, 5.41) is 2.40. The van der Waals surface area contributed by atoms with E-state index in [0.29, 0.717) is 11.6 Å². The molecule has 0 atom stereocenters. The van der Waals surface area contributed by atoms with E-state index < -0.39 is 0 Å². The monoisotopic (exact) mass is 253 g/mol. The van der Waals surface area contributed by atoms with Crippen LogP contribution in [-0.4, -0.2) is 28.9 Å². The Balaban J connectivity index is 1.96. The third-order valence-corrected chi connectivity index (χ3v) is 3.88. The van der Waals surface area contributed by atoms with Crippen molar-refractivity contribution in [3.8, 4) is 0 Å². The van der Waals surface area contributed by atoms with E-state index in [-0.39, 0.29) is 11.3 Å². The van der Waals surface area contributed by atoms with Crippen LogP contribution in [0.3, 0.4) is 0 Å². The van der Waals surface area contributed by atoms with Crippen LogP contribution in [0.1, 0.15) is 32.4 Å². The van der Waals surface area contributed by atoms with E-state index in [2.05, 4.69) is 18.8 Å². The minimum Gasteiger partial charge on any atom is -0.375 e. The number of piperidine rings is 1. The zero-order valence-corrected chi connectivity index (χ0v) is 11.2. The quantitative estimate of drug-likeness (QED) is 0.876. The molecule has 0 aromatic carbocycles. The zero-order chi connectivity index (χ0) is 12.5. The lowest BCUT2D eigenvalue weighted by Gasteiger charge is -2.38. The fourth-order valence-electron chi connectivity index (χ4n) is 2.31. The van der Waals surface area contributed by atoms with Crippen molar-refractivity contribution in [2.75, 3.05) is 18.8 Å². The van der Waals surface area contributed by atoms with Gasteiger partial charge in [0, 0.05) is 18.5 Å². The van der Waals surface area contributed by atoms with Gasteiger partial charge in [0.1, 0.15) is 0 Å². The molecule has 2 N–H and O–H groups in total. The summed E-state index contributed by atoms with van der Waals surface area (Å²) in [5.74, 6) is 0.170. The fourth-order valence-corrected chi connectivity index (χ4v) is 2.87. The van der Waals surface area contributed by atoms with Gasteiger partial charge in [-0.3, -0.25) is 4.79 Å². The van der Waals surface area contributed by atoms with Crippen LogP contribution in [-0.2, 0) is 11.2 Å². The van der Waals surface area contributed by atoms with E-state index in [0.717, 1.165) is 25.2 Å². The van der Waals surface area contributed by atoms with Crippen LogP contribution in [0, 0.1) is 5.41 Å². The number of nitrogen functional groups attached to an aromatic ring is 1. The van der Waals surface area contributed by atoms with Gasteiger partial charge >= 0.3 is 0 Å². The van der Waals surface area contributed by atoms with Gasteiger partial charge in [0.15, 0.2) is 5.13 Å². The number of likely N-dealkylation sites (tertiary alicyclic amines) is 1. The molecule has 2 heterocycles. The van der Waals surface area contributed by atoms with Crippen LogP contribution >= 0.6 is 11.3 Å². The normalized spacial score (nSPS) is 19.3. The van der Waals surface area contributed by atoms with Crippen molar-refractivity contribution in [2.45, 2.75) is 33.1 Å². The Labute approximate surface area is 106 Å². The Hall–Kier alpha value is -1.10. The van der Waals surface area contributed by atoms with Gasteiger partial charge in [-0.25, -0.2) is 4.98 Å². The van der Waals surface area contributed by atoms with Gasteiger partial charge in [-0.05, 0) is 18.3 Å². The Morgan fingerprint density at radius 1 is 1.65 bits per heavy atom. The smallest absolute Gasteiger partial charge is 0.228 e. The number of aromatic nitrogens is 1. The highest BCUT2D eigenvalue weighted by molar-refractivity contribution is 7.13. The topological polar surface area (TPSA) is 59.2 Å². The van der Waals surface area contributed by atoms with Gasteiger partial charge in [0.05, 0.1) is 12.1 Å². The molecule has 0 unspecified atom stereocenters. The van der Waals surface area contributed by atoms with E-state index in [1.165, 1.54) is 17.8 Å². The van der Waals surface area contributed by atoms with Gasteiger partial charge in [-0.15, -0.1) is 11.3 Å². The first-order valence-corrected chi connectivity index (χ1v) is 6.82. The maximum absolute atomic E-state index is 12.1. The molecule has 1 saturated heterocycles. The minimum absolute atomic E-state index is 0.170. The first-order chi connectivity index (χ1) is 7.96. The molecular weight excluding hydrogens is 234 g/mol. The molecule has 1 aliphatic rings. The van der Waals surface area contributed by atoms with Crippen molar-refractivity contribution in [1.29, 1.82) is 0 Å². The second kappa shape index (κ2) is 4.64. The van der Waals surface area contributed by atoms with Gasteiger partial charge < -0.3 is 10.6 Å². The molecule has 1 amide bonds. The van der Waals surface area contributed by atoms with Gasteiger partial charge in [-0.1, -0.05) is 13.8 Å². The third kappa shape index (κ3) is 3.19. The lowest BCUT2D eigenvalue weighted by Crippen LogP contribution is -2.44. The maximum Gasteiger partial charge on any atom is 0.228 e. The largest absolute Gasteiger partial charge is 0.375 e. The highest BCUT2D eigenvalue weighted by atomic mass is 32.1. The molecule has 1 aromatic rings. The number of thiazole rings is 1. The van der Waals surface area contributed by atoms with Gasteiger partial charge in [-0.2, -0.15) is 0 Å². The number of anilines is 1. The van der Waals surface area contributed by atoms with Crippen molar-refractivity contribution >= 4 is 22.4 Å². The summed E-state index contributed by atoms with van der Waals surface area (Å²) in [6.45, 7) is 6.16. The summed E-state index contributed by atoms with van der Waals surface area (Å²) in [4.78, 5) is 18.2. The summed E-state index contributed by atoms with van der Waals surface area (Å²) in [7, 11) is 0. The number of nitrogens with two attached hydrogens (primary N) is 1. The molecule has 2 rings (SSSR count). The molecule has 1 aliphatic heterocycles. The Morgan fingerprint density at radius 3 is 3.00 bits per heavy atom. The van der Waals surface area contributed by atoms with E-state index in [1.807, 2.05) is 10.3 Å². The maximum atomic E-state index is 12.1. The lowest BCUT2D eigenvalue weighted by molar-refractivity contribution is -0.133. The molecule has 0 bridgehead atoms. The summed E-state index contributed by atoms with van der Waals surface area (Å²) in [5.41, 5.74) is 6.60. The van der Waals surface area contributed by atoms with E-state index >= 15 is 0 Å². The Morgan fingerprint density at radius 2 is 2.41 bits per heavy atom. The number of hydrogen-bond donors (Lipinski definition) is 1. The number of rotatable bonds is 2. The van der Waals surface area contributed by atoms with Gasteiger partial charge in [0.25, 0.3) is 0 Å². The minimum atomic E-state index is 0.170. The van der Waals surface area contributed by atoms with Crippen LogP contribution in [0.15, 0.2) is 5.38 Å². The zero-order valence-electron chi connectivity index (χ0n) is 10.4. The number of nitrogens with zero attached hydrogens (tertiary/aromatic N) is 2. The van der Waals surface area contributed by atoms with E-state index in [1.54, 1.807) is 0 Å². The number of carbonyl (C=O) groups excluding carboxylic acids is 1. The summed E-state index contributed by atoms with van der Waals surface area (Å²) >= 11 is 1.39. The first-order valence-electron chi connectivity index (χ1n) is 5.94. The highest BCUT2D eigenvalue weighted by Crippen LogP contribution is 2.28. The molecule has 0 aliphatic carbocycles. The summed E-state index contributed by atoms with van der Waals surface area (Å²) < 4.78 is 0. The van der Waals surface area contributed by atoms with Crippen molar-refractivity contribution in [3.05, 3.63) is 11.1 Å². The molecule has 0 radical (unpaired) electrons. The number of amides is 1. The van der Waals surface area contributed by atoms with E-state index in [4.69, 9.17) is 5.73 Å². The molecular formula is C12H19N3OS. The summed E-state index contributed by atoms with van der Waals surface area (Å²) in [6.07, 6.45) is 2.67. The van der Waals surface area contributed by atoms with Crippen LogP contribution < -0.4 is 5.73 Å². The third-order valence-electron chi connectivity index (χ3n) is 3.16. The molecule has 5 heteroatoms. The average molecular weight is 253 g/mol. The van der Waals surface area contributed by atoms with Crippen LogP contribution in [0.25, 0.3) is 0 Å². The lowest BCUT2D eigenvalue weighted by atomic mass is 9.84. The van der Waals surface area contributed by atoms with Crippen molar-refractivity contribution in [2.24, 2.45) is 5.41 Å². The summed E-state index contributed by atoms with van der Waals surface area (Å²) in [6, 6.07) is 0. The molecule has 17 heavy (non-hydrogen) atoms. The van der Waals surface area contributed by atoms with Crippen molar-refractivity contribution < 1.29 is 4.79 Å². The molecule has 1 aromatic heterocycles. The van der Waals surface area contributed by atoms with Gasteiger partial charge in [0.2, 0.25) is 5.91 Å². The first kappa shape index (κ1) is 12.4. The van der Waals surface area contributed by atoms with Crippen molar-refractivity contribution in [3.63, 3.8) is 0 Å². The Bertz CT molecular complexity index is 414. The standard InChI is InChI=1S/C12H19N3OS/c1-12(2)4-3-5-15(8-12)10(16)6-9-7-17-11(13)14-9/h7H,3-6,8H2,1-2H3,(H2,13,14). The Kier molecular flexibility index (Phi) is 3.38. The predicted molar refractivity (Wildman–Crippen MR) is 69.8 cm³/mol. The number of hydrogen-bond acceptors (Lipinski definition) is 4. The SMILES string of the molecule is CC1(C)CCCN(C(=O)Cc2csc(N)n2)C1. The predicted octanol–water partition coefficient (Wildman–Crippen LogP) is 1.92. The molecule has 0 saturated carbocycles. The molecule has 4 nitrogen and oxygen atoms in total. The van der Waals surface area contributed by atoms with Crippen molar-refractivity contribution in [1.82, 2.24) is 9.88 Å². The van der Waals surface area contributed by atoms with Crippen LogP contribution in [0.2, 0.25) is 0 Å². The number of carbonyl (C=O) groups is 1.